The smallest absolute Gasteiger partial charge is 0.324 e. The molecule has 0 aromatic heterocycles. The lowest BCUT2D eigenvalue weighted by molar-refractivity contribution is 0.207. The fourth-order valence-corrected chi connectivity index (χ4v) is 1.86. The van der Waals surface area contributed by atoms with E-state index in [1.54, 1.807) is 16.8 Å². The lowest BCUT2D eigenvalue weighted by atomic mass is 10.1. The second-order valence-electron chi connectivity index (χ2n) is 3.64. The van der Waals surface area contributed by atoms with Gasteiger partial charge in [0, 0.05) is 13.6 Å². The summed E-state index contributed by atoms with van der Waals surface area (Å²) in [6.45, 7) is 0.963. The minimum absolute atomic E-state index is 0.0199. The van der Waals surface area contributed by atoms with Crippen LogP contribution < -0.4 is 4.90 Å². The van der Waals surface area contributed by atoms with Crippen LogP contribution in [-0.4, -0.2) is 36.2 Å². The Hall–Kier alpha value is -1.55. The van der Waals surface area contributed by atoms with Crippen molar-refractivity contribution in [2.24, 2.45) is 0 Å². The first kappa shape index (κ1) is 9.98. The highest BCUT2D eigenvalue weighted by Crippen LogP contribution is 2.26. The summed E-state index contributed by atoms with van der Waals surface area (Å²) in [5.41, 5.74) is 2.03. The summed E-state index contributed by atoms with van der Waals surface area (Å²) in [5, 5.41) is 8.94. The highest BCUT2D eigenvalue weighted by atomic mass is 16.3. The molecule has 1 aromatic rings. The van der Waals surface area contributed by atoms with Crippen LogP contribution in [0.3, 0.4) is 0 Å². The number of rotatable bonds is 2. The molecule has 1 heterocycles. The molecule has 0 atom stereocenters. The molecule has 2 amide bonds. The fraction of sp³-hybridized carbons (Fsp3) is 0.364. The van der Waals surface area contributed by atoms with E-state index >= 15 is 0 Å². The normalized spacial score (nSPS) is 15.5. The number of hydrogen-bond donors (Lipinski definition) is 1. The van der Waals surface area contributed by atoms with Crippen molar-refractivity contribution >= 4 is 11.7 Å². The summed E-state index contributed by atoms with van der Waals surface area (Å²) >= 11 is 0. The van der Waals surface area contributed by atoms with Crippen LogP contribution in [0.25, 0.3) is 0 Å². The summed E-state index contributed by atoms with van der Waals surface area (Å²) in [6, 6.07) is 7.72. The zero-order valence-electron chi connectivity index (χ0n) is 8.68. The highest BCUT2D eigenvalue weighted by Gasteiger charge is 2.26. The average molecular weight is 206 g/mol. The van der Waals surface area contributed by atoms with E-state index in [-0.39, 0.29) is 12.6 Å². The highest BCUT2D eigenvalue weighted by molar-refractivity contribution is 5.94. The molecule has 0 bridgehead atoms. The molecule has 1 aliphatic rings. The Kier molecular flexibility index (Phi) is 2.60. The Balaban J connectivity index is 2.40. The van der Waals surface area contributed by atoms with Crippen molar-refractivity contribution in [3.8, 4) is 0 Å². The van der Waals surface area contributed by atoms with Gasteiger partial charge in [-0.3, -0.25) is 4.90 Å². The maximum atomic E-state index is 11.8. The molecule has 2 rings (SSSR count). The van der Waals surface area contributed by atoms with E-state index in [2.05, 4.69) is 0 Å². The molecule has 0 aliphatic carbocycles. The number of hydrogen-bond acceptors (Lipinski definition) is 2. The number of carbonyl (C=O) groups excluding carboxylic acids is 1. The molecule has 0 radical (unpaired) electrons. The lowest BCUT2D eigenvalue weighted by Gasteiger charge is -2.34. The first-order valence-corrected chi connectivity index (χ1v) is 4.95. The van der Waals surface area contributed by atoms with Crippen LogP contribution in [0.1, 0.15) is 5.56 Å². The molecule has 1 aromatic carbocycles. The number of β-amino-alcohol motifs (C(OH)–C–C–N with tert-alkyl or cyclic N) is 1. The first-order valence-electron chi connectivity index (χ1n) is 4.95. The van der Waals surface area contributed by atoms with Gasteiger partial charge in [-0.25, -0.2) is 4.79 Å². The van der Waals surface area contributed by atoms with E-state index in [0.717, 1.165) is 11.3 Å². The number of benzene rings is 1. The van der Waals surface area contributed by atoms with Gasteiger partial charge in [0.05, 0.1) is 18.8 Å². The number of aliphatic hydroxyl groups is 1. The van der Waals surface area contributed by atoms with Gasteiger partial charge in [-0.15, -0.1) is 0 Å². The van der Waals surface area contributed by atoms with Crippen LogP contribution in [0.15, 0.2) is 24.3 Å². The van der Waals surface area contributed by atoms with Crippen LogP contribution in [0, 0.1) is 0 Å². The van der Waals surface area contributed by atoms with Gasteiger partial charge in [0.15, 0.2) is 0 Å². The Labute approximate surface area is 88.7 Å². The SMILES string of the molecule is CN1Cc2ccccc2N(CCO)C1=O. The van der Waals surface area contributed by atoms with Crippen molar-refractivity contribution in [2.45, 2.75) is 6.54 Å². The molecule has 0 fully saturated rings. The number of amides is 2. The first-order chi connectivity index (χ1) is 7.24. The third-order valence-corrected chi connectivity index (χ3v) is 2.57. The molecular formula is C11H14N2O2. The number of nitrogens with zero attached hydrogens (tertiary/aromatic N) is 2. The molecular weight excluding hydrogens is 192 g/mol. The van der Waals surface area contributed by atoms with Gasteiger partial charge in [0.2, 0.25) is 0 Å². The Bertz CT molecular complexity index is 379. The minimum Gasteiger partial charge on any atom is -0.395 e. The van der Waals surface area contributed by atoms with Gasteiger partial charge in [-0.05, 0) is 11.6 Å². The van der Waals surface area contributed by atoms with Crippen LogP contribution in [0.5, 0.6) is 0 Å². The van der Waals surface area contributed by atoms with E-state index < -0.39 is 0 Å². The molecule has 0 saturated heterocycles. The molecule has 15 heavy (non-hydrogen) atoms. The number of anilines is 1. The summed E-state index contributed by atoms with van der Waals surface area (Å²) in [7, 11) is 1.77. The van der Waals surface area contributed by atoms with Gasteiger partial charge in [0.25, 0.3) is 0 Å². The van der Waals surface area contributed by atoms with Crippen LogP contribution >= 0.6 is 0 Å². The van der Waals surface area contributed by atoms with Gasteiger partial charge in [0.1, 0.15) is 0 Å². The molecule has 1 N–H and O–H groups in total. The van der Waals surface area contributed by atoms with Crippen LogP contribution in [-0.2, 0) is 6.54 Å². The predicted octanol–water partition coefficient (Wildman–Crippen LogP) is 1.05. The van der Waals surface area contributed by atoms with Crippen LogP contribution in [0.2, 0.25) is 0 Å². The second-order valence-corrected chi connectivity index (χ2v) is 3.64. The Morgan fingerprint density at radius 3 is 2.87 bits per heavy atom. The molecule has 80 valence electrons. The standard InChI is InChI=1S/C11H14N2O2/c1-12-8-9-4-2-3-5-10(9)13(6-7-14)11(12)15/h2-5,14H,6-8H2,1H3. The summed E-state index contributed by atoms with van der Waals surface area (Å²) in [5.74, 6) is 0. The molecule has 4 heteroatoms. The zero-order valence-corrected chi connectivity index (χ0v) is 8.68. The number of para-hydroxylation sites is 1. The molecule has 1 aliphatic heterocycles. The number of fused-ring (bicyclic) bond motifs is 1. The largest absolute Gasteiger partial charge is 0.395 e. The predicted molar refractivity (Wildman–Crippen MR) is 57.7 cm³/mol. The molecule has 4 nitrogen and oxygen atoms in total. The third kappa shape index (κ3) is 1.68. The van der Waals surface area contributed by atoms with Crippen molar-refractivity contribution in [3.63, 3.8) is 0 Å². The van der Waals surface area contributed by atoms with E-state index in [1.165, 1.54) is 0 Å². The summed E-state index contributed by atoms with van der Waals surface area (Å²) in [4.78, 5) is 15.1. The Morgan fingerprint density at radius 2 is 2.13 bits per heavy atom. The van der Waals surface area contributed by atoms with Gasteiger partial charge in [-0.2, -0.15) is 0 Å². The van der Waals surface area contributed by atoms with E-state index in [1.807, 2.05) is 24.3 Å². The van der Waals surface area contributed by atoms with Crippen molar-refractivity contribution in [2.75, 3.05) is 25.1 Å². The number of urea groups is 1. The molecule has 0 unspecified atom stereocenters. The fourth-order valence-electron chi connectivity index (χ4n) is 1.86. The summed E-state index contributed by atoms with van der Waals surface area (Å²) in [6.07, 6.45) is 0. The Morgan fingerprint density at radius 1 is 1.40 bits per heavy atom. The van der Waals surface area contributed by atoms with Gasteiger partial charge in [-0.1, -0.05) is 18.2 Å². The summed E-state index contributed by atoms with van der Waals surface area (Å²) < 4.78 is 0. The maximum Gasteiger partial charge on any atom is 0.324 e. The van der Waals surface area contributed by atoms with E-state index in [4.69, 9.17) is 5.11 Å². The average Bonchev–Trinajstić information content (AvgIpc) is 2.25. The second kappa shape index (κ2) is 3.90. The lowest BCUT2D eigenvalue weighted by Crippen LogP contribution is -2.46. The van der Waals surface area contributed by atoms with E-state index in [0.29, 0.717) is 13.1 Å². The number of carbonyl (C=O) groups is 1. The monoisotopic (exact) mass is 206 g/mol. The topological polar surface area (TPSA) is 43.8 Å². The third-order valence-electron chi connectivity index (χ3n) is 2.57. The quantitative estimate of drug-likeness (QED) is 0.786. The number of aliphatic hydroxyl groups excluding tert-OH is 1. The van der Waals surface area contributed by atoms with E-state index in [9.17, 15) is 4.79 Å². The molecule has 0 saturated carbocycles. The maximum absolute atomic E-state index is 11.8. The van der Waals surface area contributed by atoms with Gasteiger partial charge < -0.3 is 10.0 Å². The van der Waals surface area contributed by atoms with Crippen molar-refractivity contribution in [3.05, 3.63) is 29.8 Å². The van der Waals surface area contributed by atoms with Crippen LogP contribution in [0.4, 0.5) is 10.5 Å². The molecule has 0 spiro atoms. The minimum atomic E-state index is -0.0530. The van der Waals surface area contributed by atoms with Crippen molar-refractivity contribution in [1.29, 1.82) is 0 Å². The van der Waals surface area contributed by atoms with Crippen molar-refractivity contribution in [1.82, 2.24) is 4.90 Å². The van der Waals surface area contributed by atoms with Gasteiger partial charge >= 0.3 is 6.03 Å². The zero-order chi connectivity index (χ0) is 10.8. The van der Waals surface area contributed by atoms with Crippen molar-refractivity contribution < 1.29 is 9.90 Å².